The lowest BCUT2D eigenvalue weighted by molar-refractivity contribution is -0.136. The van der Waals surface area contributed by atoms with Crippen molar-refractivity contribution in [2.24, 2.45) is 5.41 Å². The van der Waals surface area contributed by atoms with Gasteiger partial charge in [0.25, 0.3) is 0 Å². The van der Waals surface area contributed by atoms with Gasteiger partial charge in [0.05, 0.1) is 0 Å². The number of benzene rings is 1. The predicted octanol–water partition coefficient (Wildman–Crippen LogP) is 3.92. The van der Waals surface area contributed by atoms with Gasteiger partial charge in [0.15, 0.2) is 0 Å². The standard InChI is InChI=1S/C26H36N4O/c1-4-24-27-14-15-29(24)18-25(31)30-21-17-26(2)22(12-8-9-13-23(26)30)28(3)20(21)16-19-10-6-5-7-11-19/h5-7,10-11,14-15,20-23H,4,8-9,12-13,16-18H2,1-3H3/t20-,21+,22-,23+,26-/m1/s1. The van der Waals surface area contributed by atoms with Gasteiger partial charge in [-0.1, -0.05) is 57.0 Å². The number of hydrogen-bond acceptors (Lipinski definition) is 3. The van der Waals surface area contributed by atoms with Crippen LogP contribution in [0.3, 0.4) is 0 Å². The molecule has 0 unspecified atom stereocenters. The van der Waals surface area contributed by atoms with Crippen molar-refractivity contribution in [3.8, 4) is 0 Å². The van der Waals surface area contributed by atoms with E-state index in [1.54, 1.807) is 0 Å². The molecule has 3 heterocycles. The molecule has 2 aliphatic heterocycles. The Morgan fingerprint density at radius 2 is 1.90 bits per heavy atom. The number of piperidine rings is 1. The van der Waals surface area contributed by atoms with Gasteiger partial charge in [0.2, 0.25) is 5.91 Å². The molecule has 3 fully saturated rings. The summed E-state index contributed by atoms with van der Waals surface area (Å²) in [4.78, 5) is 23.3. The van der Waals surface area contributed by atoms with Gasteiger partial charge in [-0.25, -0.2) is 4.98 Å². The lowest BCUT2D eigenvalue weighted by Gasteiger charge is -2.49. The summed E-state index contributed by atoms with van der Waals surface area (Å²) in [5, 5.41) is 0. The molecular weight excluding hydrogens is 384 g/mol. The molecule has 1 aromatic carbocycles. The number of likely N-dealkylation sites (N-methyl/N-ethyl adjacent to an activating group) is 1. The van der Waals surface area contributed by atoms with Crippen LogP contribution in [0, 0.1) is 5.41 Å². The summed E-state index contributed by atoms with van der Waals surface area (Å²) in [5.41, 5.74) is 1.57. The molecule has 1 aliphatic carbocycles. The zero-order valence-corrected chi connectivity index (χ0v) is 19.2. The highest BCUT2D eigenvalue weighted by atomic mass is 16.2. The number of rotatable bonds is 5. The van der Waals surface area contributed by atoms with Crippen molar-refractivity contribution in [2.75, 3.05) is 7.05 Å². The first-order valence-electron chi connectivity index (χ1n) is 12.1. The van der Waals surface area contributed by atoms with E-state index >= 15 is 0 Å². The monoisotopic (exact) mass is 420 g/mol. The van der Waals surface area contributed by atoms with Gasteiger partial charge in [-0.05, 0) is 38.3 Å². The Hall–Kier alpha value is -2.14. The normalized spacial score (nSPS) is 32.8. The molecule has 2 bridgehead atoms. The fraction of sp³-hybridized carbons (Fsp3) is 0.615. The maximum Gasteiger partial charge on any atom is 0.243 e. The maximum absolute atomic E-state index is 13.8. The molecule has 1 amide bonds. The second-order valence-electron chi connectivity index (χ2n) is 10.1. The lowest BCUT2D eigenvalue weighted by atomic mass is 9.69. The Labute approximate surface area is 186 Å². The van der Waals surface area contributed by atoms with Crippen molar-refractivity contribution in [1.29, 1.82) is 0 Å². The lowest BCUT2D eigenvalue weighted by Crippen LogP contribution is -2.58. The van der Waals surface area contributed by atoms with Gasteiger partial charge in [-0.15, -0.1) is 0 Å². The summed E-state index contributed by atoms with van der Waals surface area (Å²) in [5.74, 6) is 1.28. The van der Waals surface area contributed by atoms with E-state index in [-0.39, 0.29) is 17.4 Å². The third kappa shape index (κ3) is 3.42. The summed E-state index contributed by atoms with van der Waals surface area (Å²) < 4.78 is 2.05. The van der Waals surface area contributed by atoms with Crippen LogP contribution in [0.2, 0.25) is 0 Å². The highest BCUT2D eigenvalue weighted by Crippen LogP contribution is 2.55. The SMILES string of the molecule is CCc1nccn1CC(=O)N1[C@H]2CCCC[C@H]3N(C)[C@H](Cc4ccccc4)[C@@H]1C[C@@]23C. The van der Waals surface area contributed by atoms with E-state index in [1.807, 2.05) is 12.4 Å². The number of imidazole rings is 1. The number of likely N-dealkylation sites (tertiary alicyclic amines) is 2. The molecule has 1 saturated carbocycles. The topological polar surface area (TPSA) is 41.4 Å². The fourth-order valence-electron chi connectivity index (χ4n) is 7.08. The zero-order chi connectivity index (χ0) is 21.6. The van der Waals surface area contributed by atoms with Gasteiger partial charge in [-0.3, -0.25) is 9.69 Å². The van der Waals surface area contributed by atoms with Gasteiger partial charge >= 0.3 is 0 Å². The Morgan fingerprint density at radius 1 is 1.16 bits per heavy atom. The van der Waals surface area contributed by atoms with Crippen LogP contribution in [0.25, 0.3) is 0 Å². The summed E-state index contributed by atoms with van der Waals surface area (Å²) in [7, 11) is 2.32. The number of hydrogen-bond donors (Lipinski definition) is 0. The van der Waals surface area contributed by atoms with Gasteiger partial charge in [0.1, 0.15) is 12.4 Å². The van der Waals surface area contributed by atoms with Gasteiger partial charge in [-0.2, -0.15) is 0 Å². The molecule has 1 aromatic heterocycles. The van der Waals surface area contributed by atoms with Crippen LogP contribution in [0.5, 0.6) is 0 Å². The molecule has 0 spiro atoms. The zero-order valence-electron chi connectivity index (χ0n) is 19.2. The van der Waals surface area contributed by atoms with Crippen molar-refractivity contribution in [3.05, 3.63) is 54.1 Å². The van der Waals surface area contributed by atoms with Gasteiger partial charge in [0, 0.05) is 48.4 Å². The number of aromatic nitrogens is 2. The first-order chi connectivity index (χ1) is 15.0. The highest BCUT2D eigenvalue weighted by Gasteiger charge is 2.61. The molecule has 166 valence electrons. The largest absolute Gasteiger partial charge is 0.333 e. The Balaban J connectivity index is 1.49. The minimum Gasteiger partial charge on any atom is -0.333 e. The average molecular weight is 421 g/mol. The number of nitrogens with zero attached hydrogens (tertiary/aromatic N) is 4. The van der Waals surface area contributed by atoms with E-state index < -0.39 is 0 Å². The summed E-state index contributed by atoms with van der Waals surface area (Å²) in [6.45, 7) is 4.99. The van der Waals surface area contributed by atoms with Crippen LogP contribution < -0.4 is 0 Å². The Bertz CT molecular complexity index is 924. The highest BCUT2D eigenvalue weighted by molar-refractivity contribution is 5.77. The molecule has 5 heteroatoms. The number of carbonyl (C=O) groups excluding carboxylic acids is 1. The van der Waals surface area contributed by atoms with E-state index in [9.17, 15) is 4.79 Å². The second kappa shape index (κ2) is 8.09. The molecule has 5 atom stereocenters. The summed E-state index contributed by atoms with van der Waals surface area (Å²) >= 11 is 0. The van der Waals surface area contributed by atoms with Crippen LogP contribution in [-0.2, 0) is 24.2 Å². The third-order valence-electron chi connectivity index (χ3n) is 8.53. The molecule has 2 aromatic rings. The van der Waals surface area contributed by atoms with Crippen molar-refractivity contribution >= 4 is 5.91 Å². The van der Waals surface area contributed by atoms with Crippen molar-refractivity contribution in [2.45, 2.75) is 89.5 Å². The smallest absolute Gasteiger partial charge is 0.243 e. The Kier molecular flexibility index (Phi) is 5.41. The number of aryl methyl sites for hydroxylation is 1. The minimum atomic E-state index is 0.196. The number of amides is 1. The average Bonchev–Trinajstić information content (AvgIpc) is 3.27. The first-order valence-corrected chi connectivity index (χ1v) is 12.1. The van der Waals surface area contributed by atoms with Crippen LogP contribution >= 0.6 is 0 Å². The minimum absolute atomic E-state index is 0.196. The maximum atomic E-state index is 13.8. The van der Waals surface area contributed by atoms with Crippen LogP contribution in [0.15, 0.2) is 42.7 Å². The second-order valence-corrected chi connectivity index (χ2v) is 10.1. The van der Waals surface area contributed by atoms with Crippen LogP contribution in [-0.4, -0.2) is 56.5 Å². The molecule has 0 radical (unpaired) electrons. The van der Waals surface area contributed by atoms with Gasteiger partial charge < -0.3 is 9.47 Å². The van der Waals surface area contributed by atoms with E-state index in [4.69, 9.17) is 0 Å². The molecule has 2 saturated heterocycles. The molecular formula is C26H36N4O. The first kappa shape index (κ1) is 20.7. The summed E-state index contributed by atoms with van der Waals surface area (Å²) in [6.07, 6.45) is 11.7. The molecule has 3 aliphatic rings. The van der Waals surface area contributed by atoms with E-state index in [0.29, 0.717) is 24.7 Å². The van der Waals surface area contributed by atoms with E-state index in [2.05, 4.69) is 70.6 Å². The molecule has 31 heavy (non-hydrogen) atoms. The fourth-order valence-corrected chi connectivity index (χ4v) is 7.08. The molecule has 0 N–H and O–H groups in total. The molecule has 5 nitrogen and oxygen atoms in total. The summed E-state index contributed by atoms with van der Waals surface area (Å²) in [6, 6.07) is 12.4. The third-order valence-corrected chi connectivity index (χ3v) is 8.53. The number of carbonyl (C=O) groups is 1. The van der Waals surface area contributed by atoms with Crippen molar-refractivity contribution in [1.82, 2.24) is 19.4 Å². The van der Waals surface area contributed by atoms with Crippen molar-refractivity contribution in [3.63, 3.8) is 0 Å². The van der Waals surface area contributed by atoms with Crippen LogP contribution in [0.1, 0.15) is 57.3 Å². The van der Waals surface area contributed by atoms with Crippen molar-refractivity contribution < 1.29 is 4.79 Å². The quantitative estimate of drug-likeness (QED) is 0.736. The Morgan fingerprint density at radius 3 is 2.65 bits per heavy atom. The number of fused-ring (bicyclic) bond motifs is 1. The predicted molar refractivity (Wildman–Crippen MR) is 123 cm³/mol. The van der Waals surface area contributed by atoms with E-state index in [0.717, 1.165) is 31.5 Å². The van der Waals surface area contributed by atoms with Crippen LogP contribution in [0.4, 0.5) is 0 Å². The molecule has 5 rings (SSSR count). The van der Waals surface area contributed by atoms with E-state index in [1.165, 1.54) is 24.8 Å².